The number of hydrogen-bond donors (Lipinski definition) is 2. The second kappa shape index (κ2) is 6.42. The van der Waals surface area contributed by atoms with E-state index >= 15 is 0 Å². The van der Waals surface area contributed by atoms with E-state index in [1.807, 2.05) is 0 Å². The third-order valence-corrected chi connectivity index (χ3v) is 1.59. The topological polar surface area (TPSA) is 67.4 Å². The van der Waals surface area contributed by atoms with E-state index in [9.17, 15) is 9.59 Å². The molecule has 0 fully saturated rings. The van der Waals surface area contributed by atoms with Crippen LogP contribution in [0.25, 0.3) is 0 Å². The highest BCUT2D eigenvalue weighted by Gasteiger charge is 2.19. The molecular formula is C8H16N2O3. The third-order valence-electron chi connectivity index (χ3n) is 1.59. The quantitative estimate of drug-likeness (QED) is 0.558. The number of carbonyl (C=O) groups excluding carboxylic acids is 2. The van der Waals surface area contributed by atoms with Gasteiger partial charge in [0.2, 0.25) is 5.91 Å². The second-order valence-electron chi connectivity index (χ2n) is 2.46. The van der Waals surface area contributed by atoms with Gasteiger partial charge in [-0.25, -0.2) is 0 Å². The maximum Gasteiger partial charge on any atom is 0.307 e. The van der Waals surface area contributed by atoms with Crippen LogP contribution in [-0.4, -0.2) is 38.6 Å². The minimum atomic E-state index is -0.510. The van der Waals surface area contributed by atoms with Gasteiger partial charge in [0, 0.05) is 7.05 Å². The van der Waals surface area contributed by atoms with Crippen molar-refractivity contribution in [1.82, 2.24) is 10.6 Å². The van der Waals surface area contributed by atoms with Gasteiger partial charge in [-0.05, 0) is 14.0 Å². The lowest BCUT2D eigenvalue weighted by molar-refractivity contribution is -0.145. The maximum atomic E-state index is 11.1. The van der Waals surface area contributed by atoms with E-state index in [2.05, 4.69) is 10.6 Å². The fraction of sp³-hybridized carbons (Fsp3) is 0.750. The van der Waals surface area contributed by atoms with E-state index in [0.29, 0.717) is 6.61 Å². The van der Waals surface area contributed by atoms with Crippen LogP contribution in [-0.2, 0) is 14.3 Å². The molecule has 0 radical (unpaired) electrons. The summed E-state index contributed by atoms with van der Waals surface area (Å²) < 4.78 is 4.71. The molecule has 0 aliphatic heterocycles. The van der Waals surface area contributed by atoms with Crippen molar-refractivity contribution in [3.63, 3.8) is 0 Å². The van der Waals surface area contributed by atoms with Gasteiger partial charge < -0.3 is 15.4 Å². The van der Waals surface area contributed by atoms with Gasteiger partial charge in [0.05, 0.1) is 19.1 Å². The molecule has 2 N–H and O–H groups in total. The Morgan fingerprint density at radius 2 is 2.00 bits per heavy atom. The van der Waals surface area contributed by atoms with Gasteiger partial charge in [-0.3, -0.25) is 9.59 Å². The molecule has 13 heavy (non-hydrogen) atoms. The minimum Gasteiger partial charge on any atom is -0.466 e. The van der Waals surface area contributed by atoms with Crippen LogP contribution >= 0.6 is 0 Å². The minimum absolute atomic E-state index is 0.0595. The van der Waals surface area contributed by atoms with Crippen molar-refractivity contribution in [2.45, 2.75) is 19.4 Å². The molecule has 0 bridgehead atoms. The molecule has 1 amide bonds. The number of ether oxygens (including phenoxy) is 1. The van der Waals surface area contributed by atoms with Crippen molar-refractivity contribution in [3.05, 3.63) is 0 Å². The van der Waals surface area contributed by atoms with Gasteiger partial charge in [-0.15, -0.1) is 0 Å². The van der Waals surface area contributed by atoms with Gasteiger partial charge in [0.1, 0.15) is 0 Å². The molecule has 0 unspecified atom stereocenters. The molecule has 0 saturated carbocycles. The first-order valence-electron chi connectivity index (χ1n) is 4.20. The van der Waals surface area contributed by atoms with Crippen molar-refractivity contribution in [3.8, 4) is 0 Å². The molecule has 0 aromatic rings. The van der Waals surface area contributed by atoms with Crippen LogP contribution in [0.1, 0.15) is 13.3 Å². The third kappa shape index (κ3) is 4.47. The monoisotopic (exact) mass is 188 g/mol. The molecule has 0 saturated heterocycles. The summed E-state index contributed by atoms with van der Waals surface area (Å²) in [6.45, 7) is 2.06. The van der Waals surface area contributed by atoms with Crippen molar-refractivity contribution in [2.75, 3.05) is 20.7 Å². The van der Waals surface area contributed by atoms with Crippen LogP contribution in [0.3, 0.4) is 0 Å². The molecule has 76 valence electrons. The molecule has 5 nitrogen and oxygen atoms in total. The maximum absolute atomic E-state index is 11.1. The average Bonchev–Trinajstić information content (AvgIpc) is 2.13. The van der Waals surface area contributed by atoms with Crippen LogP contribution in [0.15, 0.2) is 0 Å². The summed E-state index contributed by atoms with van der Waals surface area (Å²) >= 11 is 0. The molecule has 1 atom stereocenters. The first-order valence-corrected chi connectivity index (χ1v) is 4.20. The summed E-state index contributed by atoms with van der Waals surface area (Å²) in [5.41, 5.74) is 0. The Morgan fingerprint density at radius 3 is 2.38 bits per heavy atom. The van der Waals surface area contributed by atoms with Crippen molar-refractivity contribution in [1.29, 1.82) is 0 Å². The molecule has 0 heterocycles. The Hall–Kier alpha value is -1.10. The van der Waals surface area contributed by atoms with Crippen LogP contribution in [0.5, 0.6) is 0 Å². The molecule has 0 aromatic carbocycles. The Kier molecular flexibility index (Phi) is 5.88. The van der Waals surface area contributed by atoms with Gasteiger partial charge in [-0.2, -0.15) is 0 Å². The number of carbonyl (C=O) groups is 2. The predicted octanol–water partition coefficient (Wildman–Crippen LogP) is -0.726. The number of hydrogen-bond acceptors (Lipinski definition) is 4. The van der Waals surface area contributed by atoms with Crippen molar-refractivity contribution in [2.24, 2.45) is 0 Å². The standard InChI is InChI=1S/C8H16N2O3/c1-4-13-7(11)5-6(9-2)8(12)10-3/h6,9H,4-5H2,1-3H3,(H,10,12)/t6-/m0/s1. The number of rotatable bonds is 5. The van der Waals surface area contributed by atoms with E-state index in [-0.39, 0.29) is 18.3 Å². The van der Waals surface area contributed by atoms with E-state index in [1.165, 1.54) is 7.05 Å². The lowest BCUT2D eigenvalue weighted by atomic mass is 10.2. The number of nitrogens with one attached hydrogen (secondary N) is 2. The molecule has 5 heteroatoms. The summed E-state index contributed by atoms with van der Waals surface area (Å²) in [6.07, 6.45) is 0.0595. The summed E-state index contributed by atoms with van der Waals surface area (Å²) in [7, 11) is 3.15. The number of amides is 1. The summed E-state index contributed by atoms with van der Waals surface area (Å²) in [6, 6.07) is -0.510. The smallest absolute Gasteiger partial charge is 0.307 e. The van der Waals surface area contributed by atoms with E-state index in [0.717, 1.165) is 0 Å². The Bertz CT molecular complexity index is 182. The Morgan fingerprint density at radius 1 is 1.38 bits per heavy atom. The van der Waals surface area contributed by atoms with E-state index in [1.54, 1.807) is 14.0 Å². The summed E-state index contributed by atoms with van der Waals surface area (Å²) in [5, 5.41) is 5.18. The first-order chi connectivity index (χ1) is 6.15. The average molecular weight is 188 g/mol. The molecule has 0 rings (SSSR count). The largest absolute Gasteiger partial charge is 0.466 e. The SMILES string of the molecule is CCOC(=O)C[C@H](NC)C(=O)NC. The van der Waals surface area contributed by atoms with Gasteiger partial charge in [0.25, 0.3) is 0 Å². The lowest BCUT2D eigenvalue weighted by Crippen LogP contribution is -2.42. The zero-order valence-corrected chi connectivity index (χ0v) is 8.22. The highest BCUT2D eigenvalue weighted by atomic mass is 16.5. The molecule has 0 aliphatic rings. The zero-order valence-electron chi connectivity index (χ0n) is 8.22. The van der Waals surface area contributed by atoms with E-state index < -0.39 is 6.04 Å². The van der Waals surface area contributed by atoms with Crippen LogP contribution < -0.4 is 10.6 Å². The van der Waals surface area contributed by atoms with Crippen molar-refractivity contribution >= 4 is 11.9 Å². The fourth-order valence-electron chi connectivity index (χ4n) is 0.887. The molecule has 0 aliphatic carbocycles. The predicted molar refractivity (Wildman–Crippen MR) is 48.2 cm³/mol. The number of esters is 1. The number of likely N-dealkylation sites (N-methyl/N-ethyl adjacent to an activating group) is 2. The van der Waals surface area contributed by atoms with Crippen molar-refractivity contribution < 1.29 is 14.3 Å². The summed E-state index contributed by atoms with van der Waals surface area (Å²) in [4.78, 5) is 22.1. The van der Waals surface area contributed by atoms with Gasteiger partial charge >= 0.3 is 5.97 Å². The second-order valence-corrected chi connectivity index (χ2v) is 2.46. The molecule has 0 aromatic heterocycles. The van der Waals surface area contributed by atoms with E-state index in [4.69, 9.17) is 4.74 Å². The van der Waals surface area contributed by atoms with Gasteiger partial charge in [-0.1, -0.05) is 0 Å². The fourth-order valence-corrected chi connectivity index (χ4v) is 0.887. The zero-order chi connectivity index (χ0) is 10.3. The molecule has 0 spiro atoms. The van der Waals surface area contributed by atoms with Gasteiger partial charge in [0.15, 0.2) is 0 Å². The summed E-state index contributed by atoms with van der Waals surface area (Å²) in [5.74, 6) is -0.582. The Labute approximate surface area is 77.8 Å². The highest BCUT2D eigenvalue weighted by Crippen LogP contribution is 1.94. The first kappa shape index (κ1) is 11.9. The Balaban J connectivity index is 3.97. The van der Waals surface area contributed by atoms with Crippen LogP contribution in [0.4, 0.5) is 0 Å². The van der Waals surface area contributed by atoms with Crippen LogP contribution in [0.2, 0.25) is 0 Å². The lowest BCUT2D eigenvalue weighted by Gasteiger charge is -2.12. The normalized spacial score (nSPS) is 11.9. The highest BCUT2D eigenvalue weighted by molar-refractivity contribution is 5.86. The molecular weight excluding hydrogens is 172 g/mol. The van der Waals surface area contributed by atoms with Crippen LogP contribution in [0, 0.1) is 0 Å².